The number of hydrogen-bond donors (Lipinski definition) is 2. The molecule has 0 radical (unpaired) electrons. The number of likely N-dealkylation sites (N-methyl/N-ethyl adjacent to an activating group) is 1. The molecule has 0 saturated heterocycles. The van der Waals surface area contributed by atoms with Crippen LogP contribution in [0.1, 0.15) is 39.0 Å². The van der Waals surface area contributed by atoms with E-state index in [1.807, 2.05) is 0 Å². The average molecular weight is 510 g/mol. The van der Waals surface area contributed by atoms with Gasteiger partial charge in [-0.1, -0.05) is 18.2 Å². The second-order valence-electron chi connectivity index (χ2n) is 8.89. The van der Waals surface area contributed by atoms with Gasteiger partial charge >= 0.3 is 0 Å². The summed E-state index contributed by atoms with van der Waals surface area (Å²) in [5, 5.41) is 9.89. The highest BCUT2D eigenvalue weighted by molar-refractivity contribution is 6.01. The van der Waals surface area contributed by atoms with E-state index in [0.29, 0.717) is 11.5 Å². The number of carbonyl (C=O) groups is 3. The number of ether oxygens (including phenoxy) is 2. The fourth-order valence-electron chi connectivity index (χ4n) is 4.08. The largest absolute Gasteiger partial charge is 0.493 e. The number of carbonyl (C=O) groups excluding carboxylic acids is 3. The molecule has 3 aromatic rings. The fourth-order valence-corrected chi connectivity index (χ4v) is 4.08. The fraction of sp³-hybridized carbons (Fsp3) is 0.308. The van der Waals surface area contributed by atoms with Crippen molar-refractivity contribution in [3.63, 3.8) is 0 Å². The minimum Gasteiger partial charge on any atom is -0.493 e. The Labute approximate surface area is 213 Å². The molecule has 0 saturated carbocycles. The maximum Gasteiger partial charge on any atom is 0.272 e. The first kappa shape index (κ1) is 25.7. The second-order valence-corrected chi connectivity index (χ2v) is 8.89. The molecule has 10 nitrogen and oxygen atoms in total. The van der Waals surface area contributed by atoms with E-state index in [0.717, 1.165) is 11.1 Å². The molecule has 2 heterocycles. The van der Waals surface area contributed by atoms with Crippen LogP contribution in [0.2, 0.25) is 0 Å². The number of benzene rings is 2. The Balaban J connectivity index is 1.45. The number of fused-ring (bicyclic) bond motifs is 1. The van der Waals surface area contributed by atoms with Crippen molar-refractivity contribution < 1.29 is 28.2 Å². The van der Waals surface area contributed by atoms with E-state index in [4.69, 9.17) is 9.47 Å². The molecule has 0 unspecified atom stereocenters. The molecule has 0 fully saturated rings. The molecule has 0 aliphatic carbocycles. The van der Waals surface area contributed by atoms with Crippen LogP contribution in [0.4, 0.5) is 4.39 Å². The second kappa shape index (κ2) is 10.3. The van der Waals surface area contributed by atoms with Crippen LogP contribution in [0.15, 0.2) is 48.5 Å². The molecule has 2 aromatic carbocycles. The van der Waals surface area contributed by atoms with Crippen LogP contribution in [0.25, 0.3) is 0 Å². The molecule has 37 heavy (non-hydrogen) atoms. The molecule has 1 atom stereocenters. The van der Waals surface area contributed by atoms with Crippen molar-refractivity contribution in [3.8, 4) is 11.5 Å². The smallest absolute Gasteiger partial charge is 0.272 e. The van der Waals surface area contributed by atoms with E-state index in [1.54, 1.807) is 44.4 Å². The van der Waals surface area contributed by atoms with Crippen molar-refractivity contribution in [2.45, 2.75) is 32.1 Å². The van der Waals surface area contributed by atoms with Crippen molar-refractivity contribution in [1.82, 2.24) is 25.3 Å². The van der Waals surface area contributed by atoms with Crippen LogP contribution in [0.5, 0.6) is 11.5 Å². The third-order valence-corrected chi connectivity index (χ3v) is 6.49. The zero-order chi connectivity index (χ0) is 26.7. The molecule has 1 aromatic heterocycles. The van der Waals surface area contributed by atoms with Gasteiger partial charge in [0.05, 0.1) is 20.8 Å². The lowest BCUT2D eigenvalue weighted by Crippen LogP contribution is -2.62. The Kier molecular flexibility index (Phi) is 7.14. The molecule has 11 heteroatoms. The summed E-state index contributed by atoms with van der Waals surface area (Å²) < 4.78 is 25.0. The Bertz CT molecular complexity index is 1340. The monoisotopic (exact) mass is 509 g/mol. The Morgan fingerprint density at radius 3 is 2.32 bits per heavy atom. The topological polar surface area (TPSA) is 115 Å². The summed E-state index contributed by atoms with van der Waals surface area (Å²) in [6, 6.07) is 12.5. The number of hydrogen-bond acceptors (Lipinski definition) is 6. The van der Waals surface area contributed by atoms with Crippen LogP contribution >= 0.6 is 0 Å². The van der Waals surface area contributed by atoms with Gasteiger partial charge in [-0.05, 0) is 42.3 Å². The number of nitrogens with one attached hydrogen (secondary N) is 2. The minimum absolute atomic E-state index is 0.0583. The Morgan fingerprint density at radius 2 is 1.65 bits per heavy atom. The number of rotatable bonds is 8. The Morgan fingerprint density at radius 1 is 1.00 bits per heavy atom. The van der Waals surface area contributed by atoms with Crippen LogP contribution in [-0.4, -0.2) is 59.2 Å². The summed E-state index contributed by atoms with van der Waals surface area (Å²) in [5.41, 5.74) is 0.534. The third-order valence-electron chi connectivity index (χ3n) is 6.49. The van der Waals surface area contributed by atoms with Gasteiger partial charge in [-0.2, -0.15) is 5.10 Å². The molecular formula is C26H28FN5O5. The van der Waals surface area contributed by atoms with Crippen LogP contribution in [0, 0.1) is 5.82 Å². The molecule has 1 aliphatic heterocycles. The lowest BCUT2D eigenvalue weighted by Gasteiger charge is -2.40. The van der Waals surface area contributed by atoms with Crippen LogP contribution < -0.4 is 20.1 Å². The van der Waals surface area contributed by atoms with Crippen molar-refractivity contribution in [3.05, 3.63) is 76.9 Å². The van der Waals surface area contributed by atoms with Crippen LogP contribution in [-0.2, 0) is 24.4 Å². The van der Waals surface area contributed by atoms with Gasteiger partial charge < -0.3 is 25.0 Å². The first-order valence-electron chi connectivity index (χ1n) is 11.5. The van der Waals surface area contributed by atoms with Crippen molar-refractivity contribution >= 4 is 17.7 Å². The van der Waals surface area contributed by atoms with E-state index in [9.17, 15) is 18.8 Å². The predicted octanol–water partition coefficient (Wildman–Crippen LogP) is 2.13. The van der Waals surface area contributed by atoms with E-state index >= 15 is 0 Å². The van der Waals surface area contributed by atoms with Gasteiger partial charge in [0.15, 0.2) is 17.2 Å². The highest BCUT2D eigenvalue weighted by Gasteiger charge is 2.46. The maximum atomic E-state index is 13.1. The SMILES string of the molecule is COc1ccc(CNC(=O)c2cc3n(n2)C[C@@](C)(C(=O)NCc2ccc(F)cc2)N(C)C3=O)cc1OC. The highest BCUT2D eigenvalue weighted by atomic mass is 19.1. The lowest BCUT2D eigenvalue weighted by molar-refractivity contribution is -0.132. The van der Waals surface area contributed by atoms with E-state index in [2.05, 4.69) is 15.7 Å². The number of methoxy groups -OCH3 is 2. The average Bonchev–Trinajstić information content (AvgIpc) is 3.33. The number of nitrogens with zero attached hydrogens (tertiary/aromatic N) is 3. The zero-order valence-corrected chi connectivity index (χ0v) is 21.0. The van der Waals surface area contributed by atoms with Gasteiger partial charge in [0.1, 0.15) is 17.1 Å². The molecule has 3 amide bonds. The van der Waals surface area contributed by atoms with E-state index in [1.165, 1.54) is 41.9 Å². The minimum atomic E-state index is -1.25. The summed E-state index contributed by atoms with van der Waals surface area (Å²) in [5.74, 6) is -0.543. The lowest BCUT2D eigenvalue weighted by atomic mass is 9.96. The molecule has 194 valence electrons. The highest BCUT2D eigenvalue weighted by Crippen LogP contribution is 2.28. The normalized spacial score (nSPS) is 16.7. The summed E-state index contributed by atoms with van der Waals surface area (Å²) in [4.78, 5) is 40.3. The first-order chi connectivity index (χ1) is 17.7. The van der Waals surface area contributed by atoms with Gasteiger partial charge in [-0.15, -0.1) is 0 Å². The number of halogens is 1. The molecule has 4 rings (SSSR count). The van der Waals surface area contributed by atoms with E-state index < -0.39 is 23.3 Å². The van der Waals surface area contributed by atoms with Gasteiger partial charge in [0.2, 0.25) is 5.91 Å². The molecular weight excluding hydrogens is 481 g/mol. The van der Waals surface area contributed by atoms with Gasteiger partial charge in [0, 0.05) is 26.2 Å². The molecule has 0 spiro atoms. The quantitative estimate of drug-likeness (QED) is 0.481. The molecule has 2 N–H and O–H groups in total. The summed E-state index contributed by atoms with van der Waals surface area (Å²) >= 11 is 0. The molecule has 1 aliphatic rings. The van der Waals surface area contributed by atoms with Gasteiger partial charge in [0.25, 0.3) is 11.8 Å². The van der Waals surface area contributed by atoms with Crippen molar-refractivity contribution in [2.75, 3.05) is 21.3 Å². The zero-order valence-electron chi connectivity index (χ0n) is 21.0. The van der Waals surface area contributed by atoms with Gasteiger partial charge in [-0.25, -0.2) is 4.39 Å². The third kappa shape index (κ3) is 5.11. The van der Waals surface area contributed by atoms with E-state index in [-0.39, 0.29) is 36.8 Å². The van der Waals surface area contributed by atoms with Crippen molar-refractivity contribution in [1.29, 1.82) is 0 Å². The standard InChI is InChI=1S/C26H28FN5O5/c1-26(25(35)29-13-16-5-8-18(27)9-6-16)15-32-20(24(34)31(26)2)12-19(30-32)23(33)28-14-17-7-10-21(36-3)22(11-17)37-4/h5-12H,13-15H2,1-4H3,(H,28,33)(H,29,35)/t26-/m0/s1. The summed E-state index contributed by atoms with van der Waals surface area (Å²) in [7, 11) is 4.60. The van der Waals surface area contributed by atoms with Crippen LogP contribution in [0.3, 0.4) is 0 Å². The molecule has 0 bridgehead atoms. The van der Waals surface area contributed by atoms with Gasteiger partial charge in [-0.3, -0.25) is 19.1 Å². The first-order valence-corrected chi connectivity index (χ1v) is 11.5. The maximum absolute atomic E-state index is 13.1. The predicted molar refractivity (Wildman–Crippen MR) is 132 cm³/mol. The number of amides is 3. The summed E-state index contributed by atoms with van der Waals surface area (Å²) in [6.45, 7) is 2.07. The van der Waals surface area contributed by atoms with Crippen molar-refractivity contribution in [2.24, 2.45) is 0 Å². The number of aromatic nitrogens is 2. The summed E-state index contributed by atoms with van der Waals surface area (Å²) in [6.07, 6.45) is 0. The Hall–Kier alpha value is -4.41.